The molecule has 144 valence electrons. The van der Waals surface area contributed by atoms with E-state index in [-0.39, 0.29) is 12.1 Å². The molecule has 2 heterocycles. The SMILES string of the molecule is C[C@@H](n1cc2cc(Br)ccc2n1)[C@](O)(Cn1cncn1)c1ccc(F)cc1F. The smallest absolute Gasteiger partial charge is 0.137 e. The third-order valence-electron chi connectivity index (χ3n) is 4.84. The van der Waals surface area contributed by atoms with Crippen LogP contribution < -0.4 is 0 Å². The molecule has 2 aromatic heterocycles. The first-order chi connectivity index (χ1) is 13.4. The van der Waals surface area contributed by atoms with Crippen LogP contribution in [0.15, 0.2) is 59.7 Å². The lowest BCUT2D eigenvalue weighted by Gasteiger charge is -2.34. The molecule has 0 aliphatic rings. The maximum atomic E-state index is 14.6. The Bertz CT molecular complexity index is 1130. The number of nitrogens with zero attached hydrogens (tertiary/aromatic N) is 5. The summed E-state index contributed by atoms with van der Waals surface area (Å²) in [7, 11) is 0. The van der Waals surface area contributed by atoms with Crippen LogP contribution in [0.5, 0.6) is 0 Å². The minimum Gasteiger partial charge on any atom is -0.381 e. The van der Waals surface area contributed by atoms with Gasteiger partial charge in [-0.3, -0.25) is 4.68 Å². The summed E-state index contributed by atoms with van der Waals surface area (Å²) in [5.41, 5.74) is -1.07. The molecule has 1 N–H and O–H groups in total. The first-order valence-corrected chi connectivity index (χ1v) is 9.31. The van der Waals surface area contributed by atoms with E-state index >= 15 is 0 Å². The zero-order valence-electron chi connectivity index (χ0n) is 14.8. The molecule has 0 spiro atoms. The summed E-state index contributed by atoms with van der Waals surface area (Å²) in [6, 6.07) is 8.05. The van der Waals surface area contributed by atoms with Gasteiger partial charge in [0.25, 0.3) is 0 Å². The van der Waals surface area contributed by atoms with Crippen LogP contribution in [0.2, 0.25) is 0 Å². The highest BCUT2D eigenvalue weighted by Crippen LogP contribution is 2.37. The molecule has 0 fully saturated rings. The Morgan fingerprint density at radius 1 is 1.21 bits per heavy atom. The quantitative estimate of drug-likeness (QED) is 0.504. The molecule has 2 aromatic carbocycles. The maximum Gasteiger partial charge on any atom is 0.137 e. The first kappa shape index (κ1) is 18.7. The van der Waals surface area contributed by atoms with Crippen LogP contribution in [0, 0.1) is 11.6 Å². The van der Waals surface area contributed by atoms with Crippen LogP contribution in [0.25, 0.3) is 10.9 Å². The van der Waals surface area contributed by atoms with Gasteiger partial charge < -0.3 is 5.11 Å². The Hall–Kier alpha value is -2.65. The number of aromatic nitrogens is 5. The topological polar surface area (TPSA) is 68.8 Å². The Kier molecular flexibility index (Phi) is 4.72. The molecule has 0 aliphatic carbocycles. The lowest BCUT2D eigenvalue weighted by molar-refractivity contribution is -0.0366. The molecule has 0 amide bonds. The molecule has 4 rings (SSSR count). The van der Waals surface area contributed by atoms with Crippen LogP contribution in [0.3, 0.4) is 0 Å². The van der Waals surface area contributed by atoms with Crippen molar-refractivity contribution < 1.29 is 13.9 Å². The molecule has 2 atom stereocenters. The van der Waals surface area contributed by atoms with Crippen molar-refractivity contribution in [1.82, 2.24) is 24.5 Å². The molecule has 4 aromatic rings. The van der Waals surface area contributed by atoms with Gasteiger partial charge in [0.05, 0.1) is 18.1 Å². The van der Waals surface area contributed by atoms with Crippen LogP contribution in [0.1, 0.15) is 18.5 Å². The second-order valence-corrected chi connectivity index (χ2v) is 7.55. The molecule has 0 unspecified atom stereocenters. The van der Waals surface area contributed by atoms with Crippen LogP contribution in [-0.4, -0.2) is 29.7 Å². The Morgan fingerprint density at radius 3 is 2.75 bits per heavy atom. The van der Waals surface area contributed by atoms with Crippen molar-refractivity contribution in [3.8, 4) is 0 Å². The minimum absolute atomic E-state index is 0.0439. The van der Waals surface area contributed by atoms with E-state index < -0.39 is 23.3 Å². The fourth-order valence-corrected chi connectivity index (χ4v) is 3.66. The normalized spacial score (nSPS) is 14.9. The fraction of sp³-hybridized carbons (Fsp3) is 0.211. The van der Waals surface area contributed by atoms with Crippen LogP contribution in [0.4, 0.5) is 8.78 Å². The molecule has 0 radical (unpaired) electrons. The molecule has 0 saturated heterocycles. The zero-order chi connectivity index (χ0) is 19.9. The van der Waals surface area contributed by atoms with E-state index in [1.54, 1.807) is 17.8 Å². The summed E-state index contributed by atoms with van der Waals surface area (Å²) >= 11 is 3.42. The van der Waals surface area contributed by atoms with Gasteiger partial charge in [0.1, 0.15) is 29.9 Å². The average molecular weight is 448 g/mol. The van der Waals surface area contributed by atoms with Gasteiger partial charge in [-0.2, -0.15) is 10.2 Å². The first-order valence-electron chi connectivity index (χ1n) is 8.51. The largest absolute Gasteiger partial charge is 0.381 e. The van der Waals surface area contributed by atoms with Crippen molar-refractivity contribution in [2.75, 3.05) is 0 Å². The number of aliphatic hydroxyl groups is 1. The highest BCUT2D eigenvalue weighted by molar-refractivity contribution is 9.10. The maximum absolute atomic E-state index is 14.6. The summed E-state index contributed by atoms with van der Waals surface area (Å²) in [4.78, 5) is 3.87. The van der Waals surface area contributed by atoms with Gasteiger partial charge in [0.2, 0.25) is 0 Å². The molecule has 28 heavy (non-hydrogen) atoms. The van der Waals surface area contributed by atoms with E-state index in [0.29, 0.717) is 0 Å². The van der Waals surface area contributed by atoms with Gasteiger partial charge in [-0.1, -0.05) is 22.0 Å². The molecule has 9 heteroatoms. The third kappa shape index (κ3) is 3.31. The van der Waals surface area contributed by atoms with Gasteiger partial charge in [-0.25, -0.2) is 18.4 Å². The number of rotatable bonds is 5. The second-order valence-electron chi connectivity index (χ2n) is 6.63. The van der Waals surface area contributed by atoms with Crippen molar-refractivity contribution in [3.63, 3.8) is 0 Å². The predicted octanol–water partition coefficient (Wildman–Crippen LogP) is 3.82. The summed E-state index contributed by atoms with van der Waals surface area (Å²) < 4.78 is 31.9. The van der Waals surface area contributed by atoms with E-state index in [4.69, 9.17) is 0 Å². The standard InChI is InChI=1S/C19H16BrF2N5O/c1-12(27-8-13-6-14(20)2-5-18(13)25-27)19(28,9-26-11-23-10-24-26)16-4-3-15(21)7-17(16)22/h2-8,10-12,28H,9H2,1H3/t12-,19-/m1/s1. The van der Waals surface area contributed by atoms with E-state index in [1.165, 1.54) is 23.4 Å². The molecule has 0 aliphatic heterocycles. The number of benzene rings is 2. The second kappa shape index (κ2) is 7.06. The summed E-state index contributed by atoms with van der Waals surface area (Å²) in [5, 5.41) is 21.0. The monoisotopic (exact) mass is 447 g/mol. The van der Waals surface area contributed by atoms with E-state index in [1.807, 2.05) is 18.2 Å². The highest BCUT2D eigenvalue weighted by atomic mass is 79.9. The molecule has 0 saturated carbocycles. The summed E-state index contributed by atoms with van der Waals surface area (Å²) in [6.45, 7) is 1.64. The van der Waals surface area contributed by atoms with Gasteiger partial charge in [0.15, 0.2) is 0 Å². The van der Waals surface area contributed by atoms with Gasteiger partial charge in [-0.15, -0.1) is 0 Å². The van der Waals surface area contributed by atoms with Crippen LogP contribution in [-0.2, 0) is 12.1 Å². The molecular weight excluding hydrogens is 432 g/mol. The molecule has 6 nitrogen and oxygen atoms in total. The van der Waals surface area contributed by atoms with Crippen molar-refractivity contribution in [2.24, 2.45) is 0 Å². The van der Waals surface area contributed by atoms with Crippen molar-refractivity contribution in [3.05, 3.63) is 76.9 Å². The van der Waals surface area contributed by atoms with Crippen molar-refractivity contribution >= 4 is 26.8 Å². The highest BCUT2D eigenvalue weighted by Gasteiger charge is 2.40. The fourth-order valence-electron chi connectivity index (χ4n) is 3.28. The Morgan fingerprint density at radius 2 is 2.04 bits per heavy atom. The summed E-state index contributed by atoms with van der Waals surface area (Å²) in [6.07, 6.45) is 4.53. The number of fused-ring (bicyclic) bond motifs is 1. The Balaban J connectivity index is 1.83. The Labute approximate surface area is 167 Å². The molecule has 0 bridgehead atoms. The number of hydrogen-bond donors (Lipinski definition) is 1. The number of hydrogen-bond acceptors (Lipinski definition) is 4. The van der Waals surface area contributed by atoms with Gasteiger partial charge in [0, 0.05) is 27.7 Å². The van der Waals surface area contributed by atoms with E-state index in [0.717, 1.165) is 27.5 Å². The number of halogens is 3. The lowest BCUT2D eigenvalue weighted by Crippen LogP contribution is -2.40. The van der Waals surface area contributed by atoms with E-state index in [2.05, 4.69) is 31.1 Å². The van der Waals surface area contributed by atoms with E-state index in [9.17, 15) is 13.9 Å². The average Bonchev–Trinajstić information content (AvgIpc) is 3.29. The van der Waals surface area contributed by atoms with Crippen LogP contribution >= 0.6 is 15.9 Å². The third-order valence-corrected chi connectivity index (χ3v) is 5.33. The van der Waals surface area contributed by atoms with Gasteiger partial charge in [-0.05, 0) is 31.2 Å². The predicted molar refractivity (Wildman–Crippen MR) is 102 cm³/mol. The zero-order valence-corrected chi connectivity index (χ0v) is 16.4. The van der Waals surface area contributed by atoms with Crippen molar-refractivity contribution in [1.29, 1.82) is 0 Å². The van der Waals surface area contributed by atoms with Gasteiger partial charge >= 0.3 is 0 Å². The summed E-state index contributed by atoms with van der Waals surface area (Å²) in [5.74, 6) is -1.55. The van der Waals surface area contributed by atoms with Crippen molar-refractivity contribution in [2.45, 2.75) is 25.1 Å². The molecular formula is C19H16BrF2N5O. The minimum atomic E-state index is -1.76. The lowest BCUT2D eigenvalue weighted by atomic mass is 9.86.